The molecule has 2 amide bonds. The number of ether oxygens (including phenoxy) is 3. The van der Waals surface area contributed by atoms with E-state index in [1.54, 1.807) is 60.7 Å². The van der Waals surface area contributed by atoms with Gasteiger partial charge in [-0.05, 0) is 67.9 Å². The molecular formula is C27H26N2O5. The Bertz CT molecular complexity index is 1220. The first-order chi connectivity index (χ1) is 16.5. The summed E-state index contributed by atoms with van der Waals surface area (Å²) in [7, 11) is 1.54. The summed E-state index contributed by atoms with van der Waals surface area (Å²) in [5.41, 5.74) is 2.18. The molecule has 0 spiro atoms. The highest BCUT2D eigenvalue weighted by Crippen LogP contribution is 2.35. The molecule has 0 atom stereocenters. The van der Waals surface area contributed by atoms with Crippen LogP contribution in [0.25, 0.3) is 5.57 Å². The van der Waals surface area contributed by atoms with E-state index in [0.29, 0.717) is 41.7 Å². The third-order valence-electron chi connectivity index (χ3n) is 5.28. The van der Waals surface area contributed by atoms with Crippen LogP contribution in [0.3, 0.4) is 0 Å². The first-order valence-electron chi connectivity index (χ1n) is 11.1. The molecule has 34 heavy (non-hydrogen) atoms. The van der Waals surface area contributed by atoms with Crippen molar-refractivity contribution in [2.24, 2.45) is 0 Å². The van der Waals surface area contributed by atoms with Gasteiger partial charge in [0.15, 0.2) is 0 Å². The molecule has 7 heteroatoms. The molecule has 3 aromatic carbocycles. The van der Waals surface area contributed by atoms with Gasteiger partial charge >= 0.3 is 0 Å². The lowest BCUT2D eigenvalue weighted by atomic mass is 10.0. The van der Waals surface area contributed by atoms with Gasteiger partial charge in [0.25, 0.3) is 11.8 Å². The highest BCUT2D eigenvalue weighted by molar-refractivity contribution is 6.46. The second-order valence-electron chi connectivity index (χ2n) is 7.44. The maximum absolute atomic E-state index is 13.6. The van der Waals surface area contributed by atoms with Gasteiger partial charge in [0, 0.05) is 11.8 Å². The SMILES string of the molecule is CCOc1ccc(NC2=C(c3ccc(OCC)cc3)C(=O)N(c3cccc(OC)c3)C2=O)cc1. The van der Waals surface area contributed by atoms with Crippen LogP contribution in [0.2, 0.25) is 0 Å². The van der Waals surface area contributed by atoms with E-state index in [0.717, 1.165) is 10.6 Å². The number of methoxy groups -OCH3 is 1. The first kappa shape index (κ1) is 22.9. The number of benzene rings is 3. The van der Waals surface area contributed by atoms with Crippen molar-refractivity contribution >= 4 is 28.8 Å². The van der Waals surface area contributed by atoms with Gasteiger partial charge in [0.05, 0.1) is 31.6 Å². The predicted molar refractivity (Wildman–Crippen MR) is 131 cm³/mol. The third-order valence-corrected chi connectivity index (χ3v) is 5.28. The van der Waals surface area contributed by atoms with E-state index >= 15 is 0 Å². The van der Waals surface area contributed by atoms with Gasteiger partial charge in [0.1, 0.15) is 22.9 Å². The van der Waals surface area contributed by atoms with Gasteiger partial charge in [-0.1, -0.05) is 18.2 Å². The zero-order chi connectivity index (χ0) is 24.1. The summed E-state index contributed by atoms with van der Waals surface area (Å²) >= 11 is 0. The molecule has 0 fully saturated rings. The number of imide groups is 1. The molecule has 0 saturated carbocycles. The van der Waals surface area contributed by atoms with Crippen LogP contribution in [0.4, 0.5) is 11.4 Å². The fourth-order valence-electron chi connectivity index (χ4n) is 3.73. The van der Waals surface area contributed by atoms with Crippen LogP contribution in [-0.2, 0) is 9.59 Å². The van der Waals surface area contributed by atoms with Gasteiger partial charge in [-0.3, -0.25) is 9.59 Å². The molecular weight excluding hydrogens is 432 g/mol. The molecule has 0 radical (unpaired) electrons. The van der Waals surface area contributed by atoms with E-state index in [-0.39, 0.29) is 11.3 Å². The summed E-state index contributed by atoms with van der Waals surface area (Å²) in [5.74, 6) is 1.09. The van der Waals surface area contributed by atoms with Crippen LogP contribution >= 0.6 is 0 Å². The molecule has 3 aromatic rings. The summed E-state index contributed by atoms with van der Waals surface area (Å²) in [5, 5.41) is 3.16. The van der Waals surface area contributed by atoms with E-state index in [1.165, 1.54) is 7.11 Å². The van der Waals surface area contributed by atoms with Crippen LogP contribution in [0.15, 0.2) is 78.5 Å². The van der Waals surface area contributed by atoms with Crippen molar-refractivity contribution < 1.29 is 23.8 Å². The topological polar surface area (TPSA) is 77.1 Å². The number of rotatable bonds is 9. The van der Waals surface area contributed by atoms with Crippen molar-refractivity contribution in [3.63, 3.8) is 0 Å². The lowest BCUT2D eigenvalue weighted by Gasteiger charge is -2.16. The Morgan fingerprint density at radius 3 is 1.97 bits per heavy atom. The van der Waals surface area contributed by atoms with Crippen molar-refractivity contribution in [2.75, 3.05) is 30.5 Å². The van der Waals surface area contributed by atoms with Gasteiger partial charge in [-0.2, -0.15) is 0 Å². The normalized spacial score (nSPS) is 13.3. The molecule has 1 aliphatic rings. The number of carbonyl (C=O) groups is 2. The Morgan fingerprint density at radius 2 is 1.38 bits per heavy atom. The van der Waals surface area contributed by atoms with E-state index in [4.69, 9.17) is 14.2 Å². The van der Waals surface area contributed by atoms with E-state index in [1.807, 2.05) is 26.0 Å². The fraction of sp³-hybridized carbons (Fsp3) is 0.185. The van der Waals surface area contributed by atoms with Crippen molar-refractivity contribution in [1.29, 1.82) is 0 Å². The Morgan fingerprint density at radius 1 is 0.765 bits per heavy atom. The van der Waals surface area contributed by atoms with Crippen molar-refractivity contribution in [3.05, 3.63) is 84.1 Å². The molecule has 0 bridgehead atoms. The number of hydrogen-bond donors (Lipinski definition) is 1. The zero-order valence-electron chi connectivity index (χ0n) is 19.3. The summed E-state index contributed by atoms with van der Waals surface area (Å²) in [6.45, 7) is 4.91. The summed E-state index contributed by atoms with van der Waals surface area (Å²) in [6, 6.07) is 21.2. The van der Waals surface area contributed by atoms with Crippen molar-refractivity contribution in [2.45, 2.75) is 13.8 Å². The minimum atomic E-state index is -0.448. The molecule has 0 aliphatic carbocycles. The number of amides is 2. The number of carbonyl (C=O) groups excluding carboxylic acids is 2. The minimum absolute atomic E-state index is 0.195. The quantitative estimate of drug-likeness (QED) is 0.460. The van der Waals surface area contributed by atoms with Crippen LogP contribution in [0, 0.1) is 0 Å². The number of anilines is 2. The Balaban J connectivity index is 1.75. The monoisotopic (exact) mass is 458 g/mol. The summed E-state index contributed by atoms with van der Waals surface area (Å²) < 4.78 is 16.3. The molecule has 4 rings (SSSR count). The highest BCUT2D eigenvalue weighted by atomic mass is 16.5. The van der Waals surface area contributed by atoms with Gasteiger partial charge < -0.3 is 19.5 Å². The highest BCUT2D eigenvalue weighted by Gasteiger charge is 2.40. The van der Waals surface area contributed by atoms with Crippen LogP contribution in [0.1, 0.15) is 19.4 Å². The molecule has 1 N–H and O–H groups in total. The zero-order valence-corrected chi connectivity index (χ0v) is 19.3. The van der Waals surface area contributed by atoms with Gasteiger partial charge in [0.2, 0.25) is 0 Å². The van der Waals surface area contributed by atoms with Crippen molar-refractivity contribution in [1.82, 2.24) is 0 Å². The maximum atomic E-state index is 13.6. The molecule has 0 unspecified atom stereocenters. The second kappa shape index (κ2) is 10.1. The smallest absolute Gasteiger partial charge is 0.282 e. The molecule has 1 aliphatic heterocycles. The van der Waals surface area contributed by atoms with E-state index < -0.39 is 11.8 Å². The van der Waals surface area contributed by atoms with E-state index in [9.17, 15) is 9.59 Å². The van der Waals surface area contributed by atoms with Gasteiger partial charge in [-0.25, -0.2) is 4.90 Å². The van der Waals surface area contributed by atoms with Crippen LogP contribution < -0.4 is 24.4 Å². The molecule has 7 nitrogen and oxygen atoms in total. The summed E-state index contributed by atoms with van der Waals surface area (Å²) in [4.78, 5) is 28.3. The van der Waals surface area contributed by atoms with E-state index in [2.05, 4.69) is 5.32 Å². The van der Waals surface area contributed by atoms with Crippen LogP contribution in [-0.4, -0.2) is 32.1 Å². The van der Waals surface area contributed by atoms with Crippen molar-refractivity contribution in [3.8, 4) is 17.2 Å². The fourth-order valence-corrected chi connectivity index (χ4v) is 3.73. The largest absolute Gasteiger partial charge is 0.497 e. The number of nitrogens with zero attached hydrogens (tertiary/aromatic N) is 1. The first-order valence-corrected chi connectivity index (χ1v) is 11.1. The average Bonchev–Trinajstić information content (AvgIpc) is 3.10. The number of hydrogen-bond acceptors (Lipinski definition) is 6. The molecule has 0 saturated heterocycles. The Labute approximate surface area is 198 Å². The Kier molecular flexibility index (Phi) is 6.82. The molecule has 174 valence electrons. The standard InChI is InChI=1S/C27H26N2O5/c1-4-33-21-13-9-18(10-14-21)24-25(28-19-11-15-22(16-12-19)34-5-2)27(31)29(26(24)30)20-7-6-8-23(17-20)32-3/h6-17,28H,4-5H2,1-3H3. The Hall–Kier alpha value is -4.26. The molecule has 1 heterocycles. The summed E-state index contributed by atoms with van der Waals surface area (Å²) in [6.07, 6.45) is 0. The third kappa shape index (κ3) is 4.59. The maximum Gasteiger partial charge on any atom is 0.282 e. The lowest BCUT2D eigenvalue weighted by molar-refractivity contribution is -0.120. The van der Waals surface area contributed by atoms with Crippen LogP contribution in [0.5, 0.6) is 17.2 Å². The number of nitrogens with one attached hydrogen (secondary N) is 1. The predicted octanol–water partition coefficient (Wildman–Crippen LogP) is 4.89. The van der Waals surface area contributed by atoms with Gasteiger partial charge in [-0.15, -0.1) is 0 Å². The minimum Gasteiger partial charge on any atom is -0.497 e. The lowest BCUT2D eigenvalue weighted by Crippen LogP contribution is -2.32. The molecule has 0 aromatic heterocycles. The second-order valence-corrected chi connectivity index (χ2v) is 7.44. The average molecular weight is 459 g/mol.